The Morgan fingerprint density at radius 1 is 1.10 bits per heavy atom. The van der Waals surface area contributed by atoms with Gasteiger partial charge in [0, 0.05) is 0 Å². The molecule has 3 heterocycles. The summed E-state index contributed by atoms with van der Waals surface area (Å²) in [6, 6.07) is 9.52. The summed E-state index contributed by atoms with van der Waals surface area (Å²) in [6.45, 7) is 0. The van der Waals surface area contributed by atoms with Crippen LogP contribution < -0.4 is 5.73 Å². The second kappa shape index (κ2) is 4.04. The van der Waals surface area contributed by atoms with Crippen molar-refractivity contribution in [2.75, 3.05) is 5.73 Å². The Kier molecular flexibility index (Phi) is 2.29. The van der Waals surface area contributed by atoms with Crippen LogP contribution in [-0.4, -0.2) is 19.4 Å². The number of nitriles is 1. The molecule has 4 rings (SSSR count). The van der Waals surface area contributed by atoms with Crippen LogP contribution in [0.1, 0.15) is 5.56 Å². The van der Waals surface area contributed by atoms with Crippen LogP contribution in [0.15, 0.2) is 30.5 Å². The Bertz CT molecular complexity index is 1080. The highest BCUT2D eigenvalue weighted by Gasteiger charge is 2.17. The maximum atomic E-state index is 9.39. The van der Waals surface area contributed by atoms with Crippen LogP contribution in [0.5, 0.6) is 0 Å². The summed E-state index contributed by atoms with van der Waals surface area (Å²) < 4.78 is 1.66. The molecule has 0 amide bonds. The van der Waals surface area contributed by atoms with E-state index in [1.807, 2.05) is 24.3 Å². The number of hydrogen-bond donors (Lipinski definition) is 1. The zero-order valence-electron chi connectivity index (χ0n) is 10.6. The van der Waals surface area contributed by atoms with Crippen LogP contribution in [0.3, 0.4) is 0 Å². The molecule has 4 aromatic rings. The molecule has 7 heteroatoms. The fourth-order valence-corrected chi connectivity index (χ4v) is 2.56. The van der Waals surface area contributed by atoms with E-state index in [2.05, 4.69) is 21.0 Å². The zero-order chi connectivity index (χ0) is 14.6. The van der Waals surface area contributed by atoms with Crippen LogP contribution >= 0.6 is 11.6 Å². The molecule has 3 aromatic heterocycles. The van der Waals surface area contributed by atoms with Crippen molar-refractivity contribution in [1.29, 1.82) is 5.26 Å². The molecule has 0 fully saturated rings. The summed E-state index contributed by atoms with van der Waals surface area (Å²) in [7, 11) is 0. The number of halogens is 1. The Labute approximate surface area is 123 Å². The molecular formula is C14H7ClN6. The number of pyridine rings is 1. The zero-order valence-corrected chi connectivity index (χ0v) is 11.3. The molecular weight excluding hydrogens is 288 g/mol. The first-order valence-corrected chi connectivity index (χ1v) is 6.49. The van der Waals surface area contributed by atoms with Crippen molar-refractivity contribution in [2.24, 2.45) is 0 Å². The third-order valence-electron chi connectivity index (χ3n) is 3.32. The summed E-state index contributed by atoms with van der Waals surface area (Å²) in [4.78, 5) is 13.2. The Hall–Kier alpha value is -2.91. The van der Waals surface area contributed by atoms with Crippen molar-refractivity contribution in [2.45, 2.75) is 0 Å². The number of imidazole rings is 1. The van der Waals surface area contributed by atoms with Crippen LogP contribution in [0.25, 0.3) is 27.8 Å². The summed E-state index contributed by atoms with van der Waals surface area (Å²) in [5, 5.41) is 9.67. The van der Waals surface area contributed by atoms with Crippen molar-refractivity contribution in [1.82, 2.24) is 19.4 Å². The van der Waals surface area contributed by atoms with Crippen molar-refractivity contribution < 1.29 is 0 Å². The normalized spacial score (nSPS) is 11.2. The largest absolute Gasteiger partial charge is 0.395 e. The van der Waals surface area contributed by atoms with Crippen LogP contribution in [0.2, 0.25) is 5.15 Å². The smallest absolute Gasteiger partial charge is 0.166 e. The lowest BCUT2D eigenvalue weighted by Crippen LogP contribution is -2.02. The monoisotopic (exact) mass is 294 g/mol. The van der Waals surface area contributed by atoms with Gasteiger partial charge in [0.2, 0.25) is 0 Å². The minimum absolute atomic E-state index is 0.251. The Balaban J connectivity index is 2.35. The standard InChI is InChI=1S/C14H7ClN6/c15-10-6-21-13(20-10)11(17)7(5-16)12-14(21)19-9-4-2-1-3-8(9)18-12/h1-4,6H,17H2. The number of nitrogens with two attached hydrogens (primary N) is 1. The van der Waals surface area contributed by atoms with Crippen LogP contribution in [0, 0.1) is 11.3 Å². The quantitative estimate of drug-likeness (QED) is 0.503. The lowest BCUT2D eigenvalue weighted by molar-refractivity contribution is 1.19. The number of nitrogens with zero attached hydrogens (tertiary/aromatic N) is 5. The first kappa shape index (κ1) is 11.9. The molecule has 21 heavy (non-hydrogen) atoms. The highest BCUT2D eigenvalue weighted by Crippen LogP contribution is 2.28. The number of para-hydroxylation sites is 2. The maximum Gasteiger partial charge on any atom is 0.166 e. The summed E-state index contributed by atoms with van der Waals surface area (Å²) in [5.74, 6) is 0. The van der Waals surface area contributed by atoms with Gasteiger partial charge in [0.15, 0.2) is 11.3 Å². The van der Waals surface area contributed by atoms with Crippen molar-refractivity contribution in [3.8, 4) is 6.07 Å². The SMILES string of the molecule is N#Cc1c(N)c2nc(Cl)cn2c2nc3ccccc3nc12. The Morgan fingerprint density at radius 3 is 2.52 bits per heavy atom. The minimum atomic E-state index is 0.251. The molecule has 0 spiro atoms. The van der Waals surface area contributed by atoms with Crippen LogP contribution in [-0.2, 0) is 0 Å². The van der Waals surface area contributed by atoms with E-state index in [0.717, 1.165) is 5.52 Å². The highest BCUT2D eigenvalue weighted by molar-refractivity contribution is 6.29. The molecule has 6 nitrogen and oxygen atoms in total. The lowest BCUT2D eigenvalue weighted by Gasteiger charge is -2.07. The van der Waals surface area contributed by atoms with E-state index in [-0.39, 0.29) is 16.4 Å². The van der Waals surface area contributed by atoms with E-state index in [1.54, 1.807) is 10.6 Å². The van der Waals surface area contributed by atoms with E-state index in [1.165, 1.54) is 0 Å². The van der Waals surface area contributed by atoms with E-state index in [9.17, 15) is 5.26 Å². The Morgan fingerprint density at radius 2 is 1.81 bits per heavy atom. The molecule has 0 atom stereocenters. The molecule has 0 saturated heterocycles. The molecule has 2 N–H and O–H groups in total. The number of rotatable bonds is 0. The molecule has 0 radical (unpaired) electrons. The van der Waals surface area contributed by atoms with Gasteiger partial charge in [-0.2, -0.15) is 5.26 Å². The lowest BCUT2D eigenvalue weighted by atomic mass is 10.2. The van der Waals surface area contributed by atoms with Crippen molar-refractivity contribution in [3.63, 3.8) is 0 Å². The molecule has 0 aliphatic heterocycles. The third-order valence-corrected chi connectivity index (χ3v) is 3.50. The first-order chi connectivity index (χ1) is 10.2. The van der Waals surface area contributed by atoms with E-state index in [0.29, 0.717) is 22.3 Å². The predicted molar refractivity (Wildman–Crippen MR) is 79.9 cm³/mol. The van der Waals surface area contributed by atoms with Gasteiger partial charge >= 0.3 is 0 Å². The summed E-state index contributed by atoms with van der Waals surface area (Å²) in [6.07, 6.45) is 1.61. The fraction of sp³-hybridized carbons (Fsp3) is 0. The summed E-state index contributed by atoms with van der Waals surface area (Å²) in [5.41, 5.74) is 9.32. The van der Waals surface area contributed by atoms with Gasteiger partial charge in [0.1, 0.15) is 22.3 Å². The second-order valence-electron chi connectivity index (χ2n) is 4.54. The van der Waals surface area contributed by atoms with Crippen molar-refractivity contribution >= 4 is 45.1 Å². The molecule has 100 valence electrons. The molecule has 0 aliphatic carbocycles. The molecule has 0 bridgehead atoms. The third kappa shape index (κ3) is 1.55. The fourth-order valence-electron chi connectivity index (χ4n) is 2.38. The average Bonchev–Trinajstić information content (AvgIpc) is 2.89. The molecule has 0 saturated carbocycles. The van der Waals surface area contributed by atoms with Gasteiger partial charge < -0.3 is 5.73 Å². The van der Waals surface area contributed by atoms with E-state index < -0.39 is 0 Å². The summed E-state index contributed by atoms with van der Waals surface area (Å²) >= 11 is 5.95. The molecule has 1 aromatic carbocycles. The predicted octanol–water partition coefficient (Wildman–Crippen LogP) is 2.54. The van der Waals surface area contributed by atoms with Crippen molar-refractivity contribution in [3.05, 3.63) is 41.2 Å². The van der Waals surface area contributed by atoms with Gasteiger partial charge in [-0.1, -0.05) is 23.7 Å². The number of nitrogen functional groups attached to an aromatic ring is 1. The number of anilines is 1. The first-order valence-electron chi connectivity index (χ1n) is 6.11. The highest BCUT2D eigenvalue weighted by atomic mass is 35.5. The van der Waals surface area contributed by atoms with Gasteiger partial charge in [-0.15, -0.1) is 0 Å². The van der Waals surface area contributed by atoms with Gasteiger partial charge in [-0.05, 0) is 12.1 Å². The van der Waals surface area contributed by atoms with Crippen LogP contribution in [0.4, 0.5) is 5.69 Å². The second-order valence-corrected chi connectivity index (χ2v) is 4.93. The van der Waals surface area contributed by atoms with Gasteiger partial charge in [0.25, 0.3) is 0 Å². The average molecular weight is 295 g/mol. The van der Waals surface area contributed by atoms with Gasteiger partial charge in [-0.25, -0.2) is 15.0 Å². The molecule has 0 aliphatic rings. The molecule has 0 unspecified atom stereocenters. The topological polar surface area (TPSA) is 92.9 Å². The van der Waals surface area contributed by atoms with E-state index in [4.69, 9.17) is 17.3 Å². The number of hydrogen-bond acceptors (Lipinski definition) is 5. The van der Waals surface area contributed by atoms with E-state index >= 15 is 0 Å². The van der Waals surface area contributed by atoms with Gasteiger partial charge in [-0.3, -0.25) is 4.40 Å². The number of fused-ring (bicyclic) bond motifs is 4. The van der Waals surface area contributed by atoms with Gasteiger partial charge in [0.05, 0.1) is 22.9 Å². The number of aromatic nitrogens is 4. The number of benzene rings is 1. The minimum Gasteiger partial charge on any atom is -0.395 e. The maximum absolute atomic E-state index is 9.39.